The third-order valence-corrected chi connectivity index (χ3v) is 3.40. The molecule has 1 aromatic heterocycles. The highest BCUT2D eigenvalue weighted by molar-refractivity contribution is 5.82. The Balaban J connectivity index is 1.97. The van der Waals surface area contributed by atoms with Gasteiger partial charge in [0.2, 0.25) is 5.56 Å². The molecule has 2 aromatic rings. The molecule has 6 heteroatoms. The van der Waals surface area contributed by atoms with E-state index in [4.69, 9.17) is 0 Å². The van der Waals surface area contributed by atoms with Gasteiger partial charge in [0.25, 0.3) is 0 Å². The minimum atomic E-state index is -0.531. The maximum absolute atomic E-state index is 11.7. The smallest absolute Gasteiger partial charge is 0.315 e. The fourth-order valence-corrected chi connectivity index (χ4v) is 2.31. The Morgan fingerprint density at radius 1 is 1.32 bits per heavy atom. The van der Waals surface area contributed by atoms with Crippen LogP contribution in [-0.4, -0.2) is 28.8 Å². The summed E-state index contributed by atoms with van der Waals surface area (Å²) in [6, 6.07) is 8.56. The van der Waals surface area contributed by atoms with Crippen LogP contribution in [0.1, 0.15) is 25.3 Å². The summed E-state index contributed by atoms with van der Waals surface area (Å²) in [6.45, 7) is 2.44. The summed E-state index contributed by atoms with van der Waals surface area (Å²) < 4.78 is 0. The summed E-state index contributed by atoms with van der Waals surface area (Å²) in [5.41, 5.74) is 1.29. The third kappa shape index (κ3) is 4.33. The molecular formula is C16H21N3O3. The van der Waals surface area contributed by atoms with E-state index in [1.54, 1.807) is 0 Å². The molecule has 0 spiro atoms. The summed E-state index contributed by atoms with van der Waals surface area (Å²) in [6.07, 6.45) is 0.985. The predicted octanol–water partition coefficient (Wildman–Crippen LogP) is 1.49. The van der Waals surface area contributed by atoms with Crippen LogP contribution in [-0.2, 0) is 6.54 Å². The molecule has 1 unspecified atom stereocenters. The summed E-state index contributed by atoms with van der Waals surface area (Å²) in [5, 5.41) is 15.8. The van der Waals surface area contributed by atoms with Gasteiger partial charge in [-0.15, -0.1) is 0 Å². The van der Waals surface area contributed by atoms with Gasteiger partial charge in [0, 0.05) is 30.1 Å². The summed E-state index contributed by atoms with van der Waals surface area (Å²) in [4.78, 5) is 26.1. The number of hydrogen-bond acceptors (Lipinski definition) is 3. The van der Waals surface area contributed by atoms with Crippen LogP contribution in [0.25, 0.3) is 10.9 Å². The number of carbonyl (C=O) groups is 1. The Labute approximate surface area is 128 Å². The number of aliphatic hydroxyl groups excluding tert-OH is 1. The first-order valence-electron chi connectivity index (χ1n) is 7.41. The number of fused-ring (bicyclic) bond motifs is 1. The number of benzene rings is 1. The fourth-order valence-electron chi connectivity index (χ4n) is 2.31. The van der Waals surface area contributed by atoms with Gasteiger partial charge in [-0.1, -0.05) is 31.5 Å². The highest BCUT2D eigenvalue weighted by atomic mass is 16.3. The van der Waals surface area contributed by atoms with E-state index in [2.05, 4.69) is 15.6 Å². The quantitative estimate of drug-likeness (QED) is 0.651. The van der Waals surface area contributed by atoms with Gasteiger partial charge in [-0.05, 0) is 18.1 Å². The normalized spacial score (nSPS) is 12.1. The van der Waals surface area contributed by atoms with Crippen molar-refractivity contribution in [2.45, 2.75) is 32.4 Å². The van der Waals surface area contributed by atoms with E-state index in [1.807, 2.05) is 31.2 Å². The zero-order chi connectivity index (χ0) is 15.9. The van der Waals surface area contributed by atoms with E-state index in [0.717, 1.165) is 22.9 Å². The molecule has 0 aliphatic carbocycles. The van der Waals surface area contributed by atoms with Crippen molar-refractivity contribution in [2.24, 2.45) is 0 Å². The van der Waals surface area contributed by atoms with Gasteiger partial charge in [0.15, 0.2) is 0 Å². The maximum Gasteiger partial charge on any atom is 0.315 e. The molecule has 118 valence electrons. The Morgan fingerprint density at radius 2 is 2.09 bits per heavy atom. The lowest BCUT2D eigenvalue weighted by molar-refractivity contribution is 0.160. The molecule has 2 rings (SSSR count). The Bertz CT molecular complexity index is 696. The molecule has 4 N–H and O–H groups in total. The summed E-state index contributed by atoms with van der Waals surface area (Å²) in [7, 11) is 0. The second-order valence-electron chi connectivity index (χ2n) is 5.21. The molecule has 1 aromatic carbocycles. The average Bonchev–Trinajstić information content (AvgIpc) is 2.50. The molecule has 0 fully saturated rings. The Kier molecular flexibility index (Phi) is 5.55. The Morgan fingerprint density at radius 3 is 2.86 bits per heavy atom. The molecule has 6 nitrogen and oxygen atoms in total. The standard InChI is InChI=1S/C16H21N3O3/c1-2-5-12(20)10-18-16(22)17-9-11-8-15(21)19-14-7-4-3-6-13(11)14/h3-4,6-8,12,20H,2,5,9-10H2,1H3,(H,19,21)(H2,17,18,22). The largest absolute Gasteiger partial charge is 0.391 e. The van der Waals surface area contributed by atoms with E-state index in [-0.39, 0.29) is 24.7 Å². The molecular weight excluding hydrogens is 282 g/mol. The number of pyridine rings is 1. The van der Waals surface area contributed by atoms with Gasteiger partial charge in [-0.2, -0.15) is 0 Å². The lowest BCUT2D eigenvalue weighted by Gasteiger charge is -2.12. The van der Waals surface area contributed by atoms with E-state index in [0.29, 0.717) is 6.42 Å². The molecule has 2 amide bonds. The molecule has 1 atom stereocenters. The van der Waals surface area contributed by atoms with Crippen molar-refractivity contribution in [1.29, 1.82) is 0 Å². The molecule has 0 aliphatic rings. The SMILES string of the molecule is CCCC(O)CNC(=O)NCc1cc(=O)[nH]c2ccccc12. The van der Waals surface area contributed by atoms with Gasteiger partial charge >= 0.3 is 6.03 Å². The second-order valence-corrected chi connectivity index (χ2v) is 5.21. The zero-order valence-corrected chi connectivity index (χ0v) is 12.6. The zero-order valence-electron chi connectivity index (χ0n) is 12.6. The van der Waals surface area contributed by atoms with E-state index in [1.165, 1.54) is 6.07 Å². The number of nitrogens with one attached hydrogen (secondary N) is 3. The topological polar surface area (TPSA) is 94.2 Å². The minimum absolute atomic E-state index is 0.200. The number of aromatic nitrogens is 1. The average molecular weight is 303 g/mol. The lowest BCUT2D eigenvalue weighted by Crippen LogP contribution is -2.39. The van der Waals surface area contributed by atoms with Gasteiger partial charge in [0.05, 0.1) is 6.10 Å². The van der Waals surface area contributed by atoms with Crippen LogP contribution in [0.5, 0.6) is 0 Å². The first-order valence-corrected chi connectivity index (χ1v) is 7.41. The lowest BCUT2D eigenvalue weighted by atomic mass is 10.1. The number of H-pyrrole nitrogens is 1. The van der Waals surface area contributed by atoms with Crippen LogP contribution in [0.15, 0.2) is 35.1 Å². The number of aromatic amines is 1. The maximum atomic E-state index is 11.7. The highest BCUT2D eigenvalue weighted by Crippen LogP contribution is 2.13. The number of aliphatic hydroxyl groups is 1. The highest BCUT2D eigenvalue weighted by Gasteiger charge is 2.07. The van der Waals surface area contributed by atoms with Gasteiger partial charge in [-0.25, -0.2) is 4.79 Å². The van der Waals surface area contributed by atoms with Gasteiger partial charge < -0.3 is 20.7 Å². The van der Waals surface area contributed by atoms with Crippen LogP contribution in [0.4, 0.5) is 4.79 Å². The van der Waals surface area contributed by atoms with Crippen molar-refractivity contribution in [1.82, 2.24) is 15.6 Å². The predicted molar refractivity (Wildman–Crippen MR) is 85.7 cm³/mol. The molecule has 0 saturated carbocycles. The van der Waals surface area contributed by atoms with Gasteiger partial charge in [0.1, 0.15) is 0 Å². The summed E-state index contributed by atoms with van der Waals surface area (Å²) >= 11 is 0. The molecule has 0 saturated heterocycles. The number of urea groups is 1. The monoisotopic (exact) mass is 303 g/mol. The van der Waals surface area contributed by atoms with Crippen LogP contribution in [0, 0.1) is 0 Å². The van der Waals surface area contributed by atoms with Crippen molar-refractivity contribution in [3.05, 3.63) is 46.2 Å². The fraction of sp³-hybridized carbons (Fsp3) is 0.375. The van der Waals surface area contributed by atoms with Crippen LogP contribution in [0.3, 0.4) is 0 Å². The van der Waals surface area contributed by atoms with Crippen molar-refractivity contribution < 1.29 is 9.90 Å². The third-order valence-electron chi connectivity index (χ3n) is 3.40. The van der Waals surface area contributed by atoms with Gasteiger partial charge in [-0.3, -0.25) is 4.79 Å². The van der Waals surface area contributed by atoms with Crippen LogP contribution < -0.4 is 16.2 Å². The van der Waals surface area contributed by atoms with Crippen molar-refractivity contribution >= 4 is 16.9 Å². The van der Waals surface area contributed by atoms with Crippen LogP contribution in [0.2, 0.25) is 0 Å². The van der Waals surface area contributed by atoms with Crippen molar-refractivity contribution in [2.75, 3.05) is 6.54 Å². The van der Waals surface area contributed by atoms with Crippen molar-refractivity contribution in [3.63, 3.8) is 0 Å². The number of carbonyl (C=O) groups excluding carboxylic acids is 1. The second kappa shape index (κ2) is 7.61. The molecule has 0 bridgehead atoms. The number of rotatable bonds is 6. The van der Waals surface area contributed by atoms with E-state index in [9.17, 15) is 14.7 Å². The van der Waals surface area contributed by atoms with Crippen molar-refractivity contribution in [3.8, 4) is 0 Å². The number of hydrogen-bond donors (Lipinski definition) is 4. The molecule has 22 heavy (non-hydrogen) atoms. The first kappa shape index (κ1) is 16.0. The Hall–Kier alpha value is -2.34. The molecule has 1 heterocycles. The minimum Gasteiger partial charge on any atom is -0.391 e. The number of para-hydroxylation sites is 1. The molecule has 0 aliphatic heterocycles. The first-order chi connectivity index (χ1) is 10.6. The van der Waals surface area contributed by atoms with E-state index >= 15 is 0 Å². The van der Waals surface area contributed by atoms with Crippen LogP contribution >= 0.6 is 0 Å². The number of amides is 2. The summed E-state index contributed by atoms with van der Waals surface area (Å²) in [5.74, 6) is 0. The van der Waals surface area contributed by atoms with E-state index < -0.39 is 6.10 Å². The molecule has 0 radical (unpaired) electrons.